The van der Waals surface area contributed by atoms with E-state index >= 15 is 0 Å². The van der Waals surface area contributed by atoms with Crippen LogP contribution in [-0.2, 0) is 9.59 Å². The number of carbonyl (C=O) groups excluding carboxylic acids is 1. The second-order valence-corrected chi connectivity index (χ2v) is 5.92. The van der Waals surface area contributed by atoms with E-state index in [4.69, 9.17) is 10.8 Å². The molecule has 1 heterocycles. The first-order valence-electron chi connectivity index (χ1n) is 6.56. The van der Waals surface area contributed by atoms with Crippen molar-refractivity contribution in [1.29, 1.82) is 0 Å². The van der Waals surface area contributed by atoms with Crippen LogP contribution in [-0.4, -0.2) is 40.5 Å². The van der Waals surface area contributed by atoms with Gasteiger partial charge in [-0.15, -0.1) is 0 Å². The van der Waals surface area contributed by atoms with Gasteiger partial charge in [0.1, 0.15) is 0 Å². The highest BCUT2D eigenvalue weighted by atomic mass is 16.4. The Morgan fingerprint density at radius 1 is 1.33 bits per heavy atom. The summed E-state index contributed by atoms with van der Waals surface area (Å²) in [4.78, 5) is 24.3. The number of carboxylic acids is 1. The van der Waals surface area contributed by atoms with Crippen molar-refractivity contribution in [3.05, 3.63) is 0 Å². The minimum atomic E-state index is -0.738. The molecule has 0 radical (unpaired) electrons. The van der Waals surface area contributed by atoms with Gasteiger partial charge in [-0.25, -0.2) is 0 Å². The van der Waals surface area contributed by atoms with Crippen molar-refractivity contribution in [1.82, 2.24) is 4.90 Å². The highest BCUT2D eigenvalue weighted by Crippen LogP contribution is 2.23. The Hall–Kier alpha value is -1.10. The molecule has 1 aliphatic rings. The molecule has 5 heteroatoms. The van der Waals surface area contributed by atoms with Crippen LogP contribution in [0, 0.1) is 5.92 Å². The molecule has 0 saturated carbocycles. The number of carboxylic acid groups (broad SMARTS) is 1. The fraction of sp³-hybridized carbons (Fsp3) is 0.846. The predicted octanol–water partition coefficient (Wildman–Crippen LogP) is 1.22. The number of amides is 1. The molecular formula is C13H24N2O3. The van der Waals surface area contributed by atoms with E-state index in [1.54, 1.807) is 0 Å². The fourth-order valence-electron chi connectivity index (χ4n) is 2.30. The predicted molar refractivity (Wildman–Crippen MR) is 69.1 cm³/mol. The first kappa shape index (κ1) is 15.0. The molecule has 1 amide bonds. The number of aliphatic carboxylic acids is 1. The van der Waals surface area contributed by atoms with Crippen LogP contribution in [0.25, 0.3) is 0 Å². The molecule has 3 N–H and O–H groups in total. The van der Waals surface area contributed by atoms with Crippen LogP contribution in [0.2, 0.25) is 0 Å². The largest absolute Gasteiger partial charge is 0.481 e. The number of likely N-dealkylation sites (tertiary alicyclic amines) is 1. The summed E-state index contributed by atoms with van der Waals surface area (Å²) >= 11 is 0. The average Bonchev–Trinajstić information content (AvgIpc) is 2.24. The average molecular weight is 256 g/mol. The summed E-state index contributed by atoms with van der Waals surface area (Å²) in [6, 6.07) is 0. The van der Waals surface area contributed by atoms with Crippen molar-refractivity contribution in [2.75, 3.05) is 13.1 Å². The van der Waals surface area contributed by atoms with Gasteiger partial charge in [0.2, 0.25) is 5.91 Å². The second kappa shape index (κ2) is 6.18. The van der Waals surface area contributed by atoms with Gasteiger partial charge in [0.15, 0.2) is 0 Å². The first-order valence-corrected chi connectivity index (χ1v) is 6.56. The lowest BCUT2D eigenvalue weighted by Gasteiger charge is -2.33. The van der Waals surface area contributed by atoms with Crippen LogP contribution in [0.4, 0.5) is 0 Å². The van der Waals surface area contributed by atoms with Crippen LogP contribution in [0.5, 0.6) is 0 Å². The molecular weight excluding hydrogens is 232 g/mol. The molecule has 1 rings (SSSR count). The number of carbonyl (C=O) groups is 2. The van der Waals surface area contributed by atoms with E-state index in [1.165, 1.54) is 0 Å². The van der Waals surface area contributed by atoms with Crippen molar-refractivity contribution >= 4 is 11.9 Å². The number of nitrogens with zero attached hydrogens (tertiary/aromatic N) is 1. The van der Waals surface area contributed by atoms with Crippen LogP contribution < -0.4 is 5.73 Å². The Morgan fingerprint density at radius 3 is 2.33 bits per heavy atom. The van der Waals surface area contributed by atoms with Crippen molar-refractivity contribution in [3.63, 3.8) is 0 Å². The third-order valence-electron chi connectivity index (χ3n) is 3.34. The van der Waals surface area contributed by atoms with Crippen molar-refractivity contribution in [3.8, 4) is 0 Å². The summed E-state index contributed by atoms with van der Waals surface area (Å²) in [6.45, 7) is 5.17. The standard InChI is InChI=1S/C13H24N2O3/c1-13(2,14)9-11(16)15-7-5-10(6-8-15)3-4-12(17)18/h10H,3-9,14H2,1-2H3,(H,17,18). The molecule has 1 aliphatic heterocycles. The van der Waals surface area contributed by atoms with Gasteiger partial charge in [-0.1, -0.05) is 0 Å². The minimum Gasteiger partial charge on any atom is -0.481 e. The number of nitrogens with two attached hydrogens (primary N) is 1. The fourth-order valence-corrected chi connectivity index (χ4v) is 2.30. The van der Waals surface area contributed by atoms with Crippen molar-refractivity contribution in [2.45, 2.75) is 51.5 Å². The van der Waals surface area contributed by atoms with Crippen molar-refractivity contribution in [2.24, 2.45) is 11.7 Å². The molecule has 1 fully saturated rings. The number of hydrogen-bond donors (Lipinski definition) is 2. The zero-order valence-electron chi connectivity index (χ0n) is 11.3. The van der Waals surface area contributed by atoms with Gasteiger partial charge in [0.25, 0.3) is 0 Å². The molecule has 0 unspecified atom stereocenters. The summed E-state index contributed by atoms with van der Waals surface area (Å²) in [6.07, 6.45) is 3.13. The zero-order chi connectivity index (χ0) is 13.8. The maximum atomic E-state index is 11.9. The van der Waals surface area contributed by atoms with Gasteiger partial charge in [-0.2, -0.15) is 0 Å². The third kappa shape index (κ3) is 5.49. The third-order valence-corrected chi connectivity index (χ3v) is 3.34. The molecule has 0 atom stereocenters. The molecule has 104 valence electrons. The lowest BCUT2D eigenvalue weighted by Crippen LogP contribution is -2.44. The Labute approximate surface area is 108 Å². The van der Waals surface area contributed by atoms with E-state index in [0.29, 0.717) is 12.3 Å². The van der Waals surface area contributed by atoms with Gasteiger partial charge < -0.3 is 15.7 Å². The van der Waals surface area contributed by atoms with Crippen LogP contribution in [0.3, 0.4) is 0 Å². The maximum absolute atomic E-state index is 11.9. The molecule has 0 aromatic rings. The Morgan fingerprint density at radius 2 is 1.89 bits per heavy atom. The van der Waals surface area contributed by atoms with E-state index < -0.39 is 11.5 Å². The van der Waals surface area contributed by atoms with Gasteiger partial charge in [-0.05, 0) is 39.0 Å². The van der Waals surface area contributed by atoms with Gasteiger partial charge in [0.05, 0.1) is 0 Å². The lowest BCUT2D eigenvalue weighted by atomic mass is 9.91. The zero-order valence-corrected chi connectivity index (χ0v) is 11.3. The monoisotopic (exact) mass is 256 g/mol. The normalized spacial score (nSPS) is 17.8. The molecule has 1 saturated heterocycles. The number of piperidine rings is 1. The minimum absolute atomic E-state index is 0.110. The summed E-state index contributed by atoms with van der Waals surface area (Å²) < 4.78 is 0. The topological polar surface area (TPSA) is 83.6 Å². The van der Waals surface area contributed by atoms with Crippen LogP contribution in [0.15, 0.2) is 0 Å². The Balaban J connectivity index is 2.30. The highest BCUT2D eigenvalue weighted by molar-refractivity contribution is 5.77. The quantitative estimate of drug-likeness (QED) is 0.774. The molecule has 18 heavy (non-hydrogen) atoms. The smallest absolute Gasteiger partial charge is 0.303 e. The molecule has 0 spiro atoms. The SMILES string of the molecule is CC(C)(N)CC(=O)N1CCC(CCC(=O)O)CC1. The van der Waals surface area contributed by atoms with E-state index in [2.05, 4.69) is 0 Å². The molecule has 5 nitrogen and oxygen atoms in total. The maximum Gasteiger partial charge on any atom is 0.303 e. The van der Waals surface area contributed by atoms with Crippen molar-refractivity contribution < 1.29 is 14.7 Å². The van der Waals surface area contributed by atoms with E-state index in [0.717, 1.165) is 32.4 Å². The molecule has 0 aromatic heterocycles. The van der Waals surface area contributed by atoms with Crippen LogP contribution in [0.1, 0.15) is 46.0 Å². The van der Waals surface area contributed by atoms with E-state index in [-0.39, 0.29) is 12.3 Å². The highest BCUT2D eigenvalue weighted by Gasteiger charge is 2.26. The van der Waals surface area contributed by atoms with Gasteiger partial charge in [-0.3, -0.25) is 9.59 Å². The van der Waals surface area contributed by atoms with E-state index in [1.807, 2.05) is 18.7 Å². The summed E-state index contributed by atoms with van der Waals surface area (Å²) in [5.41, 5.74) is 5.38. The van der Waals surface area contributed by atoms with E-state index in [9.17, 15) is 9.59 Å². The Bertz CT molecular complexity index is 302. The van der Waals surface area contributed by atoms with Gasteiger partial charge in [0, 0.05) is 31.5 Å². The second-order valence-electron chi connectivity index (χ2n) is 5.92. The number of hydrogen-bond acceptors (Lipinski definition) is 3. The summed E-state index contributed by atoms with van der Waals surface area (Å²) in [5.74, 6) is -0.186. The summed E-state index contributed by atoms with van der Waals surface area (Å²) in [5, 5.41) is 8.63. The van der Waals surface area contributed by atoms with Gasteiger partial charge >= 0.3 is 5.97 Å². The summed E-state index contributed by atoms with van der Waals surface area (Å²) in [7, 11) is 0. The molecule has 0 aliphatic carbocycles. The molecule has 0 aromatic carbocycles. The Kier molecular flexibility index (Phi) is 5.14. The first-order chi connectivity index (χ1) is 8.28. The number of rotatable bonds is 5. The van der Waals surface area contributed by atoms with Crippen LogP contribution >= 0.6 is 0 Å². The molecule has 0 bridgehead atoms. The lowest BCUT2D eigenvalue weighted by molar-refractivity contribution is -0.138.